The summed E-state index contributed by atoms with van der Waals surface area (Å²) in [6.07, 6.45) is 2.97. The highest BCUT2D eigenvalue weighted by Crippen LogP contribution is 2.56. The molecule has 0 radical (unpaired) electrons. The Morgan fingerprint density at radius 2 is 1.22 bits per heavy atom. The Morgan fingerprint density at radius 1 is 0.778 bits per heavy atom. The second kappa shape index (κ2) is 7.40. The van der Waals surface area contributed by atoms with Gasteiger partial charge in [0.2, 0.25) is 0 Å². The standard InChI is InChI=1S/C12H24O4P2/c1-5-11(6-2,9-10-17(13)14)12(7-3,8-4)18(15)16/h5-10H2,1-4H3. The molecule has 0 fully saturated rings. The summed E-state index contributed by atoms with van der Waals surface area (Å²) in [5, 5.41) is -0.781. The first-order valence-corrected chi connectivity index (χ1v) is 9.16. The maximum Gasteiger partial charge on any atom is 0.322 e. The third-order valence-corrected chi connectivity index (χ3v) is 7.03. The summed E-state index contributed by atoms with van der Waals surface area (Å²) in [5.41, 5.74) is -0.429. The number of rotatable bonds is 9. The molecule has 4 nitrogen and oxygen atoms in total. The summed E-state index contributed by atoms with van der Waals surface area (Å²) in [4.78, 5) is 0. The predicted octanol–water partition coefficient (Wildman–Crippen LogP) is 5.09. The summed E-state index contributed by atoms with van der Waals surface area (Å²) >= 11 is 0. The van der Waals surface area contributed by atoms with Crippen LogP contribution in [0.15, 0.2) is 0 Å². The molecule has 0 saturated heterocycles. The summed E-state index contributed by atoms with van der Waals surface area (Å²) < 4.78 is 45.2. The van der Waals surface area contributed by atoms with Gasteiger partial charge >= 0.3 is 15.4 Å². The molecule has 0 aromatic carbocycles. The maximum atomic E-state index is 11.8. The van der Waals surface area contributed by atoms with E-state index in [-0.39, 0.29) is 6.16 Å². The fourth-order valence-corrected chi connectivity index (χ4v) is 5.19. The lowest BCUT2D eigenvalue weighted by Gasteiger charge is -2.45. The van der Waals surface area contributed by atoms with Gasteiger partial charge in [0.1, 0.15) is 0 Å². The van der Waals surface area contributed by atoms with E-state index in [1.54, 1.807) is 0 Å². The van der Waals surface area contributed by atoms with Crippen LogP contribution in [-0.4, -0.2) is 11.3 Å². The molecule has 0 aromatic rings. The van der Waals surface area contributed by atoms with Crippen LogP contribution >= 0.6 is 15.4 Å². The van der Waals surface area contributed by atoms with Crippen molar-refractivity contribution in [2.24, 2.45) is 5.41 Å². The molecule has 106 valence electrons. The molecule has 0 saturated carbocycles. The highest BCUT2D eigenvalue weighted by atomic mass is 31.1. The molecule has 0 rings (SSSR count). The monoisotopic (exact) mass is 294 g/mol. The average molecular weight is 294 g/mol. The third kappa shape index (κ3) is 3.22. The molecule has 0 bridgehead atoms. The van der Waals surface area contributed by atoms with Crippen LogP contribution in [-0.2, 0) is 18.3 Å². The van der Waals surface area contributed by atoms with Crippen molar-refractivity contribution in [2.75, 3.05) is 6.16 Å². The van der Waals surface area contributed by atoms with Gasteiger partial charge < -0.3 is 0 Å². The van der Waals surface area contributed by atoms with E-state index in [9.17, 15) is 18.3 Å². The van der Waals surface area contributed by atoms with Crippen LogP contribution in [0, 0.1) is 5.41 Å². The molecule has 0 amide bonds. The van der Waals surface area contributed by atoms with Crippen molar-refractivity contribution in [1.82, 2.24) is 0 Å². The minimum Gasteiger partial charge on any atom is -0.237 e. The summed E-state index contributed by atoms with van der Waals surface area (Å²) in [6, 6.07) is 0. The van der Waals surface area contributed by atoms with Crippen molar-refractivity contribution < 1.29 is 18.3 Å². The Hall–Kier alpha value is -0.200. The highest BCUT2D eigenvalue weighted by Gasteiger charge is 2.51. The van der Waals surface area contributed by atoms with E-state index in [0.717, 1.165) is 0 Å². The molecule has 0 atom stereocenters. The van der Waals surface area contributed by atoms with Crippen molar-refractivity contribution in [2.45, 2.75) is 65.0 Å². The molecule has 0 aromatic heterocycles. The van der Waals surface area contributed by atoms with Gasteiger partial charge in [-0.15, -0.1) is 0 Å². The zero-order chi connectivity index (χ0) is 14.4. The largest absolute Gasteiger partial charge is 0.322 e. The topological polar surface area (TPSA) is 68.3 Å². The molecule has 0 spiro atoms. The van der Waals surface area contributed by atoms with E-state index < -0.39 is 25.9 Å². The van der Waals surface area contributed by atoms with E-state index >= 15 is 0 Å². The molecular weight excluding hydrogens is 270 g/mol. The van der Waals surface area contributed by atoms with Crippen LogP contribution in [0.2, 0.25) is 0 Å². The highest BCUT2D eigenvalue weighted by molar-refractivity contribution is 7.33. The lowest BCUT2D eigenvalue weighted by atomic mass is 9.66. The lowest BCUT2D eigenvalue weighted by Crippen LogP contribution is -2.43. The molecule has 0 N–H and O–H groups in total. The summed E-state index contributed by atoms with van der Waals surface area (Å²) in [7, 11) is -5.03. The molecule has 0 aliphatic rings. The van der Waals surface area contributed by atoms with E-state index in [1.165, 1.54) is 0 Å². The van der Waals surface area contributed by atoms with Gasteiger partial charge in [-0.3, -0.25) is 0 Å². The Bertz CT molecular complexity index is 373. The third-order valence-electron chi connectivity index (χ3n) is 4.63. The minimum atomic E-state index is -2.58. The predicted molar refractivity (Wildman–Crippen MR) is 72.4 cm³/mol. The number of hydrogen-bond donors (Lipinski definition) is 0. The van der Waals surface area contributed by atoms with Crippen LogP contribution in [0.25, 0.3) is 0 Å². The SMILES string of the molecule is CCC(CC)(CCP(=O)=O)C(CC)(CC)P(=O)=O. The zero-order valence-corrected chi connectivity index (χ0v) is 13.6. The number of hydrogen-bond acceptors (Lipinski definition) is 4. The first-order chi connectivity index (χ1) is 8.35. The van der Waals surface area contributed by atoms with Crippen LogP contribution in [0.5, 0.6) is 0 Å². The maximum absolute atomic E-state index is 11.8. The van der Waals surface area contributed by atoms with E-state index in [0.29, 0.717) is 32.1 Å². The molecule has 0 aliphatic heterocycles. The van der Waals surface area contributed by atoms with Crippen LogP contribution in [0.3, 0.4) is 0 Å². The smallest absolute Gasteiger partial charge is 0.237 e. The van der Waals surface area contributed by atoms with E-state index in [1.807, 2.05) is 27.7 Å². The van der Waals surface area contributed by atoms with Crippen molar-refractivity contribution in [3.8, 4) is 0 Å². The molecule has 0 unspecified atom stereocenters. The van der Waals surface area contributed by atoms with E-state index in [4.69, 9.17) is 0 Å². The first-order valence-electron chi connectivity index (χ1n) is 6.62. The van der Waals surface area contributed by atoms with Crippen molar-refractivity contribution in [3.05, 3.63) is 0 Å². The van der Waals surface area contributed by atoms with Crippen molar-refractivity contribution >= 4 is 15.4 Å². The molecule has 18 heavy (non-hydrogen) atoms. The lowest BCUT2D eigenvalue weighted by molar-refractivity contribution is 0.146. The van der Waals surface area contributed by atoms with Crippen LogP contribution < -0.4 is 0 Å². The van der Waals surface area contributed by atoms with Gasteiger partial charge in [0, 0.05) is 0 Å². The second-order valence-corrected chi connectivity index (χ2v) is 7.27. The van der Waals surface area contributed by atoms with Gasteiger partial charge in [-0.2, -0.15) is 0 Å². The Kier molecular flexibility index (Phi) is 7.32. The van der Waals surface area contributed by atoms with Crippen molar-refractivity contribution in [1.29, 1.82) is 0 Å². The van der Waals surface area contributed by atoms with Gasteiger partial charge in [-0.25, -0.2) is 18.3 Å². The van der Waals surface area contributed by atoms with Crippen LogP contribution in [0.1, 0.15) is 59.8 Å². The first kappa shape index (κ1) is 17.8. The van der Waals surface area contributed by atoms with Crippen LogP contribution in [0.4, 0.5) is 0 Å². The van der Waals surface area contributed by atoms with Gasteiger partial charge in [0.15, 0.2) is 0 Å². The molecule has 6 heteroatoms. The molecular formula is C12H24O4P2. The Balaban J connectivity index is 5.64. The zero-order valence-electron chi connectivity index (χ0n) is 11.8. The van der Waals surface area contributed by atoms with Gasteiger partial charge in [0.05, 0.1) is 11.3 Å². The Labute approximate surface area is 111 Å². The Morgan fingerprint density at radius 3 is 1.44 bits per heavy atom. The summed E-state index contributed by atoms with van der Waals surface area (Å²) in [6.45, 7) is 7.68. The quantitative estimate of drug-likeness (QED) is 0.555. The van der Waals surface area contributed by atoms with Crippen molar-refractivity contribution in [3.63, 3.8) is 0 Å². The van der Waals surface area contributed by atoms with E-state index in [2.05, 4.69) is 0 Å². The average Bonchev–Trinajstić information content (AvgIpc) is 2.34. The molecule has 0 heterocycles. The van der Waals surface area contributed by atoms with Gasteiger partial charge in [-0.1, -0.05) is 27.7 Å². The van der Waals surface area contributed by atoms with Gasteiger partial charge in [0.25, 0.3) is 0 Å². The fourth-order valence-electron chi connectivity index (χ4n) is 3.25. The van der Waals surface area contributed by atoms with Gasteiger partial charge in [-0.05, 0) is 37.5 Å². The summed E-state index contributed by atoms with van der Waals surface area (Å²) in [5.74, 6) is 0. The minimum absolute atomic E-state index is 0.0714. The normalized spacial score (nSPS) is 12.4. The fraction of sp³-hybridized carbons (Fsp3) is 1.00. The second-order valence-electron chi connectivity index (χ2n) is 4.79. The molecule has 0 aliphatic carbocycles.